The second-order valence-electron chi connectivity index (χ2n) is 5.76. The van der Waals surface area contributed by atoms with Crippen LogP contribution in [0.25, 0.3) is 11.6 Å². The summed E-state index contributed by atoms with van der Waals surface area (Å²) < 4.78 is 46.4. The van der Waals surface area contributed by atoms with Crippen molar-refractivity contribution >= 4 is 0 Å². The highest BCUT2D eigenvalue weighted by Crippen LogP contribution is 2.30. The molecule has 25 heavy (non-hydrogen) atoms. The van der Waals surface area contributed by atoms with Gasteiger partial charge in [-0.05, 0) is 24.5 Å². The van der Waals surface area contributed by atoms with Gasteiger partial charge in [0, 0.05) is 18.3 Å². The Morgan fingerprint density at radius 3 is 2.76 bits per heavy atom. The number of nitrogens with zero attached hydrogens (tertiary/aromatic N) is 3. The van der Waals surface area contributed by atoms with Crippen molar-refractivity contribution in [3.05, 3.63) is 54.2 Å². The van der Waals surface area contributed by atoms with Crippen molar-refractivity contribution in [2.45, 2.75) is 32.4 Å². The Kier molecular flexibility index (Phi) is 4.28. The topological polar surface area (TPSA) is 55.1 Å². The zero-order valence-corrected chi connectivity index (χ0v) is 13.7. The number of hydrogen-bond donors (Lipinski definition) is 1. The van der Waals surface area contributed by atoms with Crippen LogP contribution in [0.15, 0.2) is 47.3 Å². The lowest BCUT2D eigenvalue weighted by atomic mass is 10.1. The summed E-state index contributed by atoms with van der Waals surface area (Å²) in [4.78, 5) is 0. The van der Waals surface area contributed by atoms with E-state index in [1.165, 1.54) is 16.8 Å². The van der Waals surface area contributed by atoms with Gasteiger partial charge in [0.2, 0.25) is 5.69 Å². The quantitative estimate of drug-likeness (QED) is 0.723. The fourth-order valence-corrected chi connectivity index (χ4v) is 2.40. The number of aromatic nitrogens is 3. The highest BCUT2D eigenvalue weighted by molar-refractivity contribution is 5.33. The van der Waals surface area contributed by atoms with Crippen molar-refractivity contribution in [3.8, 4) is 17.5 Å². The smallest absolute Gasteiger partial charge is 0.439 e. The van der Waals surface area contributed by atoms with Crippen molar-refractivity contribution in [2.75, 3.05) is 0 Å². The van der Waals surface area contributed by atoms with Gasteiger partial charge < -0.3 is 9.52 Å². The van der Waals surface area contributed by atoms with Crippen LogP contribution in [0.1, 0.15) is 37.4 Å². The van der Waals surface area contributed by atoms with Crippen LogP contribution in [0.4, 0.5) is 13.2 Å². The fraction of sp³-hybridized carbons (Fsp3) is 0.294. The molecule has 132 valence electrons. The Balaban J connectivity index is 1.98. The molecule has 1 atom stereocenters. The van der Waals surface area contributed by atoms with Crippen LogP contribution in [0.2, 0.25) is 0 Å². The van der Waals surface area contributed by atoms with Crippen LogP contribution in [-0.2, 0) is 6.18 Å². The minimum Gasteiger partial charge on any atom is -0.455 e. The third kappa shape index (κ3) is 3.24. The van der Waals surface area contributed by atoms with Gasteiger partial charge in [0.25, 0.3) is 0 Å². The molecule has 1 unspecified atom stereocenters. The first-order chi connectivity index (χ1) is 11.8. The molecule has 2 aromatic heterocycles. The molecule has 5 nitrogen and oxygen atoms in total. The molecule has 0 bridgehead atoms. The number of hydrogen-bond acceptors (Lipinski definition) is 3. The minimum atomic E-state index is -4.47. The van der Waals surface area contributed by atoms with E-state index in [1.807, 2.05) is 19.9 Å². The Labute approximate surface area is 141 Å². The lowest BCUT2D eigenvalue weighted by Gasteiger charge is -2.05. The Morgan fingerprint density at radius 2 is 2.08 bits per heavy atom. The van der Waals surface area contributed by atoms with Crippen LogP contribution in [0.5, 0.6) is 5.88 Å². The van der Waals surface area contributed by atoms with Crippen molar-refractivity contribution < 1.29 is 27.3 Å². The number of aromatic hydroxyl groups is 1. The molecule has 0 radical (unpaired) electrons. The summed E-state index contributed by atoms with van der Waals surface area (Å²) in [5, 5.41) is 14.7. The van der Waals surface area contributed by atoms with Crippen LogP contribution in [0, 0.1) is 0 Å². The molecule has 0 aliphatic rings. The number of alkyl halides is 3. The standard InChI is InChI=1S/C17H16F3N3O2/c1-3-11(2)14-7-8-23(21-14)16-15(24)22(10-25-16)13-6-4-5-12(9-13)17(18,19)20/h4-11H,3H2,1-2H3/p+1. The maximum atomic E-state index is 12.9. The van der Waals surface area contributed by atoms with E-state index in [1.54, 1.807) is 6.20 Å². The van der Waals surface area contributed by atoms with E-state index in [0.717, 1.165) is 35.2 Å². The predicted molar refractivity (Wildman–Crippen MR) is 82.7 cm³/mol. The summed E-state index contributed by atoms with van der Waals surface area (Å²) in [6, 6.07) is 6.43. The average molecular weight is 352 g/mol. The van der Waals surface area contributed by atoms with Gasteiger partial charge in [-0.25, -0.2) is 0 Å². The largest absolute Gasteiger partial charge is 0.455 e. The lowest BCUT2D eigenvalue weighted by Crippen LogP contribution is -2.28. The summed E-state index contributed by atoms with van der Waals surface area (Å²) >= 11 is 0. The zero-order valence-electron chi connectivity index (χ0n) is 13.7. The first kappa shape index (κ1) is 17.1. The maximum Gasteiger partial charge on any atom is 0.439 e. The second-order valence-corrected chi connectivity index (χ2v) is 5.76. The minimum absolute atomic E-state index is 0.0342. The molecule has 0 fully saturated rings. The molecule has 8 heteroatoms. The molecular weight excluding hydrogens is 335 g/mol. The van der Waals surface area contributed by atoms with Gasteiger partial charge in [0.05, 0.1) is 11.3 Å². The summed E-state index contributed by atoms with van der Waals surface area (Å²) in [6.07, 6.45) is -0.779. The molecule has 0 spiro atoms. The Morgan fingerprint density at radius 1 is 1.32 bits per heavy atom. The number of oxazole rings is 1. The second kappa shape index (κ2) is 6.27. The molecule has 0 aliphatic carbocycles. The highest BCUT2D eigenvalue weighted by atomic mass is 19.4. The summed E-state index contributed by atoms with van der Waals surface area (Å²) in [7, 11) is 0. The summed E-state index contributed by atoms with van der Waals surface area (Å²) in [6.45, 7) is 4.06. The fourth-order valence-electron chi connectivity index (χ4n) is 2.40. The zero-order chi connectivity index (χ0) is 18.2. The first-order valence-electron chi connectivity index (χ1n) is 7.77. The Bertz CT molecular complexity index is 883. The van der Waals surface area contributed by atoms with Crippen molar-refractivity contribution in [3.63, 3.8) is 0 Å². The van der Waals surface area contributed by atoms with Gasteiger partial charge in [-0.3, -0.25) is 0 Å². The van der Waals surface area contributed by atoms with Gasteiger partial charge in [-0.15, -0.1) is 0 Å². The molecule has 1 N–H and O–H groups in total. The van der Waals surface area contributed by atoms with E-state index in [-0.39, 0.29) is 23.4 Å². The molecule has 0 saturated heterocycles. The van der Waals surface area contributed by atoms with E-state index in [9.17, 15) is 18.3 Å². The predicted octanol–water partition coefficient (Wildman–Crippen LogP) is 3.98. The lowest BCUT2D eigenvalue weighted by molar-refractivity contribution is -0.607. The van der Waals surface area contributed by atoms with Gasteiger partial charge >= 0.3 is 24.3 Å². The Hall–Kier alpha value is -2.77. The first-order valence-corrected chi connectivity index (χ1v) is 7.77. The van der Waals surface area contributed by atoms with E-state index in [4.69, 9.17) is 4.42 Å². The van der Waals surface area contributed by atoms with Crippen molar-refractivity contribution in [1.29, 1.82) is 0 Å². The third-order valence-electron chi connectivity index (χ3n) is 4.08. The molecule has 3 aromatic rings. The molecule has 0 amide bonds. The van der Waals surface area contributed by atoms with Crippen molar-refractivity contribution in [1.82, 2.24) is 9.78 Å². The molecule has 2 heterocycles. The summed E-state index contributed by atoms with van der Waals surface area (Å²) in [5.41, 5.74) is 0.165. The number of rotatable bonds is 4. The van der Waals surface area contributed by atoms with Crippen LogP contribution in [0.3, 0.4) is 0 Å². The molecule has 3 rings (SSSR count). The molecule has 0 aliphatic heterocycles. The number of benzene rings is 1. The third-order valence-corrected chi connectivity index (χ3v) is 4.08. The van der Waals surface area contributed by atoms with Crippen LogP contribution in [-0.4, -0.2) is 14.9 Å². The molecule has 1 aromatic carbocycles. The van der Waals surface area contributed by atoms with Crippen molar-refractivity contribution in [2.24, 2.45) is 0 Å². The van der Waals surface area contributed by atoms with Gasteiger partial charge in [0.15, 0.2) is 0 Å². The number of halogens is 3. The van der Waals surface area contributed by atoms with Gasteiger partial charge in [-0.2, -0.15) is 23.0 Å². The van der Waals surface area contributed by atoms with E-state index >= 15 is 0 Å². The van der Waals surface area contributed by atoms with E-state index < -0.39 is 11.7 Å². The normalized spacial score (nSPS) is 13.2. The highest BCUT2D eigenvalue weighted by Gasteiger charge is 2.33. The summed E-state index contributed by atoms with van der Waals surface area (Å²) in [5.74, 6) is -0.0564. The van der Waals surface area contributed by atoms with E-state index in [2.05, 4.69) is 5.10 Å². The maximum absolute atomic E-state index is 12.9. The van der Waals surface area contributed by atoms with Crippen LogP contribution >= 0.6 is 0 Å². The van der Waals surface area contributed by atoms with Gasteiger partial charge in [0.1, 0.15) is 0 Å². The van der Waals surface area contributed by atoms with E-state index in [0.29, 0.717) is 0 Å². The molecule has 0 saturated carbocycles. The molecular formula is C17H17F3N3O2+. The average Bonchev–Trinajstić information content (AvgIpc) is 3.20. The monoisotopic (exact) mass is 352 g/mol. The van der Waals surface area contributed by atoms with Crippen LogP contribution < -0.4 is 4.57 Å². The SMILES string of the molecule is CCC(C)c1ccn(-c2oc[n+](-c3cccc(C(F)(F)F)c3)c2O)n1. The van der Waals surface area contributed by atoms with Gasteiger partial charge in [-0.1, -0.05) is 24.5 Å².